The minimum atomic E-state index is -0.216. The summed E-state index contributed by atoms with van der Waals surface area (Å²) in [6.07, 6.45) is 3.71. The van der Waals surface area contributed by atoms with Gasteiger partial charge < -0.3 is 4.42 Å². The average Bonchev–Trinajstić information content (AvgIpc) is 2.91. The van der Waals surface area contributed by atoms with Gasteiger partial charge in [-0.1, -0.05) is 18.2 Å². The zero-order chi connectivity index (χ0) is 12.5. The fraction of sp³-hybridized carbons (Fsp3) is 0.200. The molecule has 0 bridgehead atoms. The summed E-state index contributed by atoms with van der Waals surface area (Å²) < 4.78 is 5.12. The van der Waals surface area contributed by atoms with E-state index < -0.39 is 0 Å². The monoisotopic (exact) mass is 240 g/mol. The molecule has 3 heteroatoms. The number of Topliss-reactive ketones (excluding diaryl/α,β-unsaturated/α-hetero) is 1. The second-order valence-corrected chi connectivity index (χ2v) is 4.42. The van der Waals surface area contributed by atoms with Crippen LogP contribution in [0.15, 0.2) is 41.0 Å². The SMILES string of the molecule is O=C(c1ccco1)c1cccc2c1C(=O)CCC2. The Kier molecular flexibility index (Phi) is 2.59. The molecule has 1 heterocycles. The van der Waals surface area contributed by atoms with Crippen molar-refractivity contribution in [3.05, 3.63) is 59.0 Å². The number of carbonyl (C=O) groups is 2. The molecular formula is C15H12O3. The van der Waals surface area contributed by atoms with Gasteiger partial charge in [-0.2, -0.15) is 0 Å². The van der Waals surface area contributed by atoms with Gasteiger partial charge in [0.15, 0.2) is 11.5 Å². The molecule has 0 fully saturated rings. The number of hydrogen-bond acceptors (Lipinski definition) is 3. The Morgan fingerprint density at radius 1 is 1.11 bits per heavy atom. The van der Waals surface area contributed by atoms with Crippen LogP contribution in [0.5, 0.6) is 0 Å². The maximum atomic E-state index is 12.3. The van der Waals surface area contributed by atoms with E-state index in [9.17, 15) is 9.59 Å². The summed E-state index contributed by atoms with van der Waals surface area (Å²) in [4.78, 5) is 24.3. The third-order valence-corrected chi connectivity index (χ3v) is 3.27. The van der Waals surface area contributed by atoms with Crippen molar-refractivity contribution in [1.82, 2.24) is 0 Å². The number of fused-ring (bicyclic) bond motifs is 1. The van der Waals surface area contributed by atoms with Crippen LogP contribution in [0.2, 0.25) is 0 Å². The summed E-state index contributed by atoms with van der Waals surface area (Å²) in [5.41, 5.74) is 2.03. The normalized spacial score (nSPS) is 14.3. The Labute approximate surface area is 104 Å². The van der Waals surface area contributed by atoms with Crippen LogP contribution in [0.4, 0.5) is 0 Å². The van der Waals surface area contributed by atoms with Crippen molar-refractivity contribution in [2.24, 2.45) is 0 Å². The third kappa shape index (κ3) is 1.68. The molecule has 0 saturated carbocycles. The third-order valence-electron chi connectivity index (χ3n) is 3.27. The number of hydrogen-bond donors (Lipinski definition) is 0. The summed E-state index contributed by atoms with van der Waals surface area (Å²) in [5.74, 6) is 0.126. The lowest BCUT2D eigenvalue weighted by Gasteiger charge is -2.17. The molecule has 3 rings (SSSR count). The first kappa shape index (κ1) is 11.0. The Morgan fingerprint density at radius 2 is 2.00 bits per heavy atom. The number of ketones is 2. The van der Waals surface area contributed by atoms with Crippen molar-refractivity contribution in [2.75, 3.05) is 0 Å². The van der Waals surface area contributed by atoms with Crippen molar-refractivity contribution in [2.45, 2.75) is 19.3 Å². The molecule has 0 aliphatic heterocycles. The van der Waals surface area contributed by atoms with E-state index in [1.807, 2.05) is 12.1 Å². The summed E-state index contributed by atoms with van der Waals surface area (Å²) in [7, 11) is 0. The number of carbonyl (C=O) groups excluding carboxylic acids is 2. The maximum Gasteiger partial charge on any atom is 0.228 e. The molecule has 0 atom stereocenters. The van der Waals surface area contributed by atoms with Gasteiger partial charge in [0.2, 0.25) is 5.78 Å². The van der Waals surface area contributed by atoms with Gasteiger partial charge in [0, 0.05) is 17.5 Å². The largest absolute Gasteiger partial charge is 0.461 e. The molecule has 18 heavy (non-hydrogen) atoms. The van der Waals surface area contributed by atoms with E-state index in [0.717, 1.165) is 18.4 Å². The van der Waals surface area contributed by atoms with Crippen molar-refractivity contribution in [1.29, 1.82) is 0 Å². The topological polar surface area (TPSA) is 47.3 Å². The van der Waals surface area contributed by atoms with Gasteiger partial charge in [0.05, 0.1) is 6.26 Å². The highest BCUT2D eigenvalue weighted by molar-refractivity contribution is 6.15. The van der Waals surface area contributed by atoms with Crippen LogP contribution in [0.3, 0.4) is 0 Å². The van der Waals surface area contributed by atoms with E-state index in [1.54, 1.807) is 18.2 Å². The Hall–Kier alpha value is -2.16. The molecule has 0 unspecified atom stereocenters. The van der Waals surface area contributed by atoms with Crippen LogP contribution in [0.1, 0.15) is 44.9 Å². The Balaban J connectivity index is 2.13. The molecule has 1 aromatic carbocycles. The fourth-order valence-corrected chi connectivity index (χ4v) is 2.43. The minimum absolute atomic E-state index is 0.0618. The number of benzene rings is 1. The molecule has 2 aromatic rings. The molecule has 1 aromatic heterocycles. The van der Waals surface area contributed by atoms with Crippen LogP contribution in [-0.4, -0.2) is 11.6 Å². The van der Waals surface area contributed by atoms with Crippen LogP contribution in [-0.2, 0) is 6.42 Å². The summed E-state index contributed by atoms with van der Waals surface area (Å²) in [5, 5.41) is 0. The van der Waals surface area contributed by atoms with Crippen LogP contribution in [0.25, 0.3) is 0 Å². The zero-order valence-electron chi connectivity index (χ0n) is 9.81. The predicted octanol–water partition coefficient (Wildman–Crippen LogP) is 3.03. The van der Waals surface area contributed by atoms with E-state index in [-0.39, 0.29) is 17.3 Å². The highest BCUT2D eigenvalue weighted by Gasteiger charge is 2.25. The van der Waals surface area contributed by atoms with Crippen LogP contribution >= 0.6 is 0 Å². The molecule has 3 nitrogen and oxygen atoms in total. The first-order chi connectivity index (χ1) is 8.77. The van der Waals surface area contributed by atoms with Gasteiger partial charge >= 0.3 is 0 Å². The highest BCUT2D eigenvalue weighted by atomic mass is 16.3. The van der Waals surface area contributed by atoms with Gasteiger partial charge in [-0.3, -0.25) is 9.59 Å². The lowest BCUT2D eigenvalue weighted by atomic mass is 9.86. The number of aryl methyl sites for hydroxylation is 1. The van der Waals surface area contributed by atoms with Gasteiger partial charge in [0.1, 0.15) is 0 Å². The lowest BCUT2D eigenvalue weighted by molar-refractivity contribution is 0.0952. The molecular weight excluding hydrogens is 228 g/mol. The van der Waals surface area contributed by atoms with Crippen LogP contribution < -0.4 is 0 Å². The zero-order valence-corrected chi connectivity index (χ0v) is 9.81. The first-order valence-electron chi connectivity index (χ1n) is 6.00. The molecule has 1 aliphatic carbocycles. The average molecular weight is 240 g/mol. The second kappa shape index (κ2) is 4.26. The van der Waals surface area contributed by atoms with Crippen molar-refractivity contribution < 1.29 is 14.0 Å². The van der Waals surface area contributed by atoms with E-state index in [1.165, 1.54) is 6.26 Å². The van der Waals surface area contributed by atoms with Crippen molar-refractivity contribution >= 4 is 11.6 Å². The van der Waals surface area contributed by atoms with Crippen LogP contribution in [0, 0.1) is 0 Å². The summed E-state index contributed by atoms with van der Waals surface area (Å²) in [6, 6.07) is 8.74. The molecule has 0 N–H and O–H groups in total. The smallest absolute Gasteiger partial charge is 0.228 e. The quantitative estimate of drug-likeness (QED) is 0.758. The molecule has 90 valence electrons. The molecule has 0 amide bonds. The molecule has 1 aliphatic rings. The second-order valence-electron chi connectivity index (χ2n) is 4.42. The molecule has 0 radical (unpaired) electrons. The van der Waals surface area contributed by atoms with E-state index in [0.29, 0.717) is 17.5 Å². The van der Waals surface area contributed by atoms with E-state index >= 15 is 0 Å². The van der Waals surface area contributed by atoms with Crippen molar-refractivity contribution in [3.63, 3.8) is 0 Å². The molecule has 0 saturated heterocycles. The van der Waals surface area contributed by atoms with E-state index in [4.69, 9.17) is 4.42 Å². The van der Waals surface area contributed by atoms with Gasteiger partial charge in [0.25, 0.3) is 0 Å². The van der Waals surface area contributed by atoms with E-state index in [2.05, 4.69) is 0 Å². The predicted molar refractivity (Wildman–Crippen MR) is 65.9 cm³/mol. The number of rotatable bonds is 2. The van der Waals surface area contributed by atoms with Gasteiger partial charge in [-0.25, -0.2) is 0 Å². The maximum absolute atomic E-state index is 12.3. The Morgan fingerprint density at radius 3 is 2.78 bits per heavy atom. The summed E-state index contributed by atoms with van der Waals surface area (Å²) in [6.45, 7) is 0. The highest BCUT2D eigenvalue weighted by Crippen LogP contribution is 2.26. The first-order valence-corrected chi connectivity index (χ1v) is 6.00. The number of furan rings is 1. The van der Waals surface area contributed by atoms with Gasteiger partial charge in [-0.05, 0) is 30.5 Å². The minimum Gasteiger partial charge on any atom is -0.461 e. The van der Waals surface area contributed by atoms with Crippen molar-refractivity contribution in [3.8, 4) is 0 Å². The standard InChI is InChI=1S/C15H12O3/c16-12-7-2-5-10-4-1-6-11(14(10)12)15(17)13-8-3-9-18-13/h1,3-4,6,8-9H,2,5,7H2. The molecule has 0 spiro atoms. The lowest BCUT2D eigenvalue weighted by Crippen LogP contribution is -2.16. The fourth-order valence-electron chi connectivity index (χ4n) is 2.43. The van der Waals surface area contributed by atoms with Gasteiger partial charge in [-0.15, -0.1) is 0 Å². The summed E-state index contributed by atoms with van der Waals surface area (Å²) >= 11 is 0. The Bertz CT molecular complexity index is 609.